The number of likely N-dealkylation sites (tertiary alicyclic amines) is 2. The van der Waals surface area contributed by atoms with Gasteiger partial charge in [-0.2, -0.15) is 0 Å². The summed E-state index contributed by atoms with van der Waals surface area (Å²) in [6.07, 6.45) is 4.13. The maximum Gasteiger partial charge on any atom is 0.254 e. The molecular formula is C35H41F2N5O4. The Morgan fingerprint density at radius 1 is 0.978 bits per heavy atom. The second kappa shape index (κ2) is 13.5. The average Bonchev–Trinajstić information content (AvgIpc) is 3.50. The third-order valence-corrected chi connectivity index (χ3v) is 9.53. The molecule has 0 aliphatic carbocycles. The number of nitrogens with one attached hydrogen (secondary N) is 2. The van der Waals surface area contributed by atoms with E-state index in [4.69, 9.17) is 14.2 Å². The largest absolute Gasteiger partial charge is 0.493 e. The standard InChI is InChI=1S/C35H41F2N5O4/c1-44-30-19-23(20-31(45-2)32(30)46-3)33(43)42-15-6-13-35(22-42,24-9-10-26(36)27(37)21-24)14-18-41-16-11-25(12-17-41)38-34-39-28-7-4-5-8-29(28)40-34/h4-5,7-10,19-21,25H,6,11-18,22H2,1-3H3,(H2,38,39,40). The van der Waals surface area contributed by atoms with Crippen LogP contribution in [0.4, 0.5) is 14.7 Å². The molecule has 1 amide bonds. The van der Waals surface area contributed by atoms with Crippen molar-refractivity contribution < 1.29 is 27.8 Å². The van der Waals surface area contributed by atoms with E-state index in [1.165, 1.54) is 33.5 Å². The van der Waals surface area contributed by atoms with Crippen molar-refractivity contribution in [3.05, 3.63) is 77.4 Å². The monoisotopic (exact) mass is 633 g/mol. The highest BCUT2D eigenvalue weighted by molar-refractivity contribution is 5.96. The van der Waals surface area contributed by atoms with Crippen molar-refractivity contribution in [2.75, 3.05) is 59.4 Å². The van der Waals surface area contributed by atoms with Crippen LogP contribution >= 0.6 is 0 Å². The number of amides is 1. The maximum absolute atomic E-state index is 14.6. The molecule has 1 aromatic heterocycles. The lowest BCUT2D eigenvalue weighted by atomic mass is 9.71. The first-order valence-electron chi connectivity index (χ1n) is 15.8. The van der Waals surface area contributed by atoms with Crippen LogP contribution in [0.3, 0.4) is 0 Å². The van der Waals surface area contributed by atoms with Crippen molar-refractivity contribution in [2.45, 2.75) is 43.6 Å². The summed E-state index contributed by atoms with van der Waals surface area (Å²) >= 11 is 0. The van der Waals surface area contributed by atoms with Gasteiger partial charge in [-0.15, -0.1) is 0 Å². The number of anilines is 1. The molecule has 1 atom stereocenters. The minimum Gasteiger partial charge on any atom is -0.493 e. The van der Waals surface area contributed by atoms with Gasteiger partial charge in [-0.1, -0.05) is 18.2 Å². The molecule has 2 aliphatic heterocycles. The second-order valence-electron chi connectivity index (χ2n) is 12.3. The van der Waals surface area contributed by atoms with E-state index in [0.717, 1.165) is 67.9 Å². The van der Waals surface area contributed by atoms with Gasteiger partial charge in [0, 0.05) is 43.2 Å². The van der Waals surface area contributed by atoms with Gasteiger partial charge in [0.1, 0.15) is 0 Å². The highest BCUT2D eigenvalue weighted by Gasteiger charge is 2.40. The van der Waals surface area contributed by atoms with Gasteiger partial charge < -0.3 is 34.3 Å². The SMILES string of the molecule is COc1cc(C(=O)N2CCCC(CCN3CCC(Nc4nc5ccccc5[nH]4)CC3)(c3ccc(F)c(F)c3)C2)cc(OC)c1OC. The predicted molar refractivity (Wildman–Crippen MR) is 173 cm³/mol. The molecule has 0 bridgehead atoms. The number of aromatic nitrogens is 2. The van der Waals surface area contributed by atoms with Crippen molar-refractivity contribution in [2.24, 2.45) is 0 Å². The van der Waals surface area contributed by atoms with Crippen LogP contribution in [-0.4, -0.2) is 85.8 Å². The summed E-state index contributed by atoms with van der Waals surface area (Å²) in [5.41, 5.74) is 2.54. The van der Waals surface area contributed by atoms with E-state index in [1.807, 2.05) is 29.2 Å². The molecule has 6 rings (SSSR count). The van der Waals surface area contributed by atoms with Gasteiger partial charge >= 0.3 is 0 Å². The number of aromatic amines is 1. The molecular weight excluding hydrogens is 592 g/mol. The number of piperidine rings is 2. The summed E-state index contributed by atoms with van der Waals surface area (Å²) in [6, 6.07) is 15.8. The van der Waals surface area contributed by atoms with E-state index in [0.29, 0.717) is 48.4 Å². The summed E-state index contributed by atoms with van der Waals surface area (Å²) in [6.45, 7) is 3.53. The molecule has 11 heteroatoms. The molecule has 0 spiro atoms. The molecule has 3 aromatic carbocycles. The second-order valence-corrected chi connectivity index (χ2v) is 12.3. The predicted octanol–water partition coefficient (Wildman–Crippen LogP) is 6.01. The van der Waals surface area contributed by atoms with Crippen molar-refractivity contribution in [1.29, 1.82) is 0 Å². The fraction of sp³-hybridized carbons (Fsp3) is 0.429. The molecule has 0 saturated carbocycles. The van der Waals surface area contributed by atoms with Crippen LogP contribution in [0.2, 0.25) is 0 Å². The van der Waals surface area contributed by atoms with Gasteiger partial charge in [0.15, 0.2) is 23.1 Å². The van der Waals surface area contributed by atoms with Crippen LogP contribution in [0, 0.1) is 11.6 Å². The van der Waals surface area contributed by atoms with E-state index in [2.05, 4.69) is 20.2 Å². The number of hydrogen-bond donors (Lipinski definition) is 2. The lowest BCUT2D eigenvalue weighted by Gasteiger charge is -2.45. The Morgan fingerprint density at radius 3 is 2.39 bits per heavy atom. The molecule has 0 radical (unpaired) electrons. The number of nitrogens with zero attached hydrogens (tertiary/aromatic N) is 3. The number of rotatable bonds is 10. The lowest BCUT2D eigenvalue weighted by Crippen LogP contribution is -2.50. The number of carbonyl (C=O) groups is 1. The van der Waals surface area contributed by atoms with Crippen LogP contribution in [0.25, 0.3) is 11.0 Å². The molecule has 4 aromatic rings. The minimum absolute atomic E-state index is 0.177. The van der Waals surface area contributed by atoms with Crippen LogP contribution in [0.5, 0.6) is 17.2 Å². The van der Waals surface area contributed by atoms with E-state index in [-0.39, 0.29) is 5.91 Å². The number of H-pyrrole nitrogens is 1. The Balaban J connectivity index is 1.17. The Kier molecular flexibility index (Phi) is 9.30. The fourth-order valence-corrected chi connectivity index (χ4v) is 6.99. The molecule has 2 fully saturated rings. The van der Waals surface area contributed by atoms with E-state index in [9.17, 15) is 13.6 Å². The zero-order valence-electron chi connectivity index (χ0n) is 26.6. The van der Waals surface area contributed by atoms with Gasteiger partial charge in [-0.3, -0.25) is 4.79 Å². The van der Waals surface area contributed by atoms with Gasteiger partial charge in [0.05, 0.1) is 32.4 Å². The van der Waals surface area contributed by atoms with E-state index >= 15 is 0 Å². The number of para-hydroxylation sites is 2. The minimum atomic E-state index is -0.876. The fourth-order valence-electron chi connectivity index (χ4n) is 6.99. The summed E-state index contributed by atoms with van der Waals surface area (Å²) in [4.78, 5) is 26.2. The Morgan fingerprint density at radius 2 is 1.72 bits per heavy atom. The first-order valence-corrected chi connectivity index (χ1v) is 15.8. The third kappa shape index (κ3) is 6.46. The number of halogens is 2. The van der Waals surface area contributed by atoms with Gasteiger partial charge in [0.2, 0.25) is 11.7 Å². The quantitative estimate of drug-likeness (QED) is 0.221. The zero-order chi connectivity index (χ0) is 32.3. The average molecular weight is 634 g/mol. The normalized spacial score (nSPS) is 19.3. The highest BCUT2D eigenvalue weighted by Crippen LogP contribution is 2.41. The number of imidazole rings is 1. The first-order chi connectivity index (χ1) is 22.3. The first kappa shape index (κ1) is 31.6. The number of benzene rings is 3. The van der Waals surface area contributed by atoms with Crippen molar-refractivity contribution in [3.63, 3.8) is 0 Å². The summed E-state index contributed by atoms with van der Waals surface area (Å²) in [5, 5.41) is 3.56. The number of hydrogen-bond acceptors (Lipinski definition) is 7. The number of methoxy groups -OCH3 is 3. The van der Waals surface area contributed by atoms with Crippen LogP contribution in [-0.2, 0) is 5.41 Å². The van der Waals surface area contributed by atoms with E-state index in [1.54, 1.807) is 18.2 Å². The van der Waals surface area contributed by atoms with Crippen molar-refractivity contribution in [1.82, 2.24) is 19.8 Å². The Hall–Kier alpha value is -4.38. The number of ether oxygens (including phenoxy) is 3. The molecule has 2 N–H and O–H groups in total. The Labute approximate surface area is 267 Å². The smallest absolute Gasteiger partial charge is 0.254 e. The molecule has 3 heterocycles. The molecule has 9 nitrogen and oxygen atoms in total. The van der Waals surface area contributed by atoms with Crippen LogP contribution < -0.4 is 19.5 Å². The third-order valence-electron chi connectivity index (χ3n) is 9.53. The molecule has 2 aliphatic rings. The molecule has 2 saturated heterocycles. The Bertz CT molecular complexity index is 1630. The summed E-state index contributed by atoms with van der Waals surface area (Å²) < 4.78 is 45.1. The van der Waals surface area contributed by atoms with Gasteiger partial charge in [-0.05, 0) is 80.6 Å². The topological polar surface area (TPSA) is 92.0 Å². The van der Waals surface area contributed by atoms with Crippen LogP contribution in [0.1, 0.15) is 48.0 Å². The number of fused-ring (bicyclic) bond motifs is 1. The maximum atomic E-state index is 14.6. The van der Waals surface area contributed by atoms with Gasteiger partial charge in [0.25, 0.3) is 5.91 Å². The van der Waals surface area contributed by atoms with E-state index < -0.39 is 17.0 Å². The summed E-state index contributed by atoms with van der Waals surface area (Å²) in [7, 11) is 4.54. The molecule has 244 valence electrons. The van der Waals surface area contributed by atoms with Crippen molar-refractivity contribution in [3.8, 4) is 17.2 Å². The lowest BCUT2D eigenvalue weighted by molar-refractivity contribution is 0.0606. The number of carbonyl (C=O) groups excluding carboxylic acids is 1. The molecule has 1 unspecified atom stereocenters. The van der Waals surface area contributed by atoms with Crippen LogP contribution in [0.15, 0.2) is 54.6 Å². The highest BCUT2D eigenvalue weighted by atomic mass is 19.2. The summed E-state index contributed by atoms with van der Waals surface area (Å²) in [5.74, 6) is 0.0633. The molecule has 46 heavy (non-hydrogen) atoms. The van der Waals surface area contributed by atoms with Crippen molar-refractivity contribution >= 4 is 22.9 Å². The zero-order valence-corrected chi connectivity index (χ0v) is 26.6. The van der Waals surface area contributed by atoms with Gasteiger partial charge in [-0.25, -0.2) is 13.8 Å².